The Bertz CT molecular complexity index is 612. The maximum Gasteiger partial charge on any atom is 0.370 e. The summed E-state index contributed by atoms with van der Waals surface area (Å²) in [5.41, 5.74) is 1.92. The molecule has 0 saturated carbocycles. The first-order valence-corrected chi connectivity index (χ1v) is 6.58. The number of carboxylic acids is 1. The number of pyridine rings is 1. The van der Waals surface area contributed by atoms with Gasteiger partial charge in [0.15, 0.2) is 6.20 Å². The van der Waals surface area contributed by atoms with Crippen LogP contribution in [0.3, 0.4) is 0 Å². The van der Waals surface area contributed by atoms with Crippen LogP contribution >= 0.6 is 15.9 Å². The molecule has 1 N–H and O–H groups in total. The van der Waals surface area contributed by atoms with Crippen LogP contribution in [0.25, 0.3) is 12.2 Å². The highest BCUT2D eigenvalue weighted by molar-refractivity contribution is 9.10. The first kappa shape index (κ1) is 16.4. The Balaban J connectivity index is 0.00000200. The minimum atomic E-state index is -0.852. The lowest BCUT2D eigenvalue weighted by atomic mass is 10.2. The number of nitrogens with zero attached hydrogens (tertiary/aromatic N) is 1. The molecule has 0 unspecified atom stereocenters. The molecule has 2 rings (SSSR count). The van der Waals surface area contributed by atoms with Crippen molar-refractivity contribution in [3.8, 4) is 0 Å². The summed E-state index contributed by atoms with van der Waals surface area (Å²) in [7, 11) is 0. The lowest BCUT2D eigenvalue weighted by Gasteiger charge is -1.97. The molecular weight excluding hydrogens is 342 g/mol. The molecule has 5 heteroatoms. The van der Waals surface area contributed by atoms with Gasteiger partial charge in [0.05, 0.1) is 0 Å². The monoisotopic (exact) mass is 353 g/mol. The third-order valence-electron chi connectivity index (χ3n) is 2.60. The number of hydrogen-bond acceptors (Lipinski definition) is 1. The van der Waals surface area contributed by atoms with E-state index in [9.17, 15) is 4.79 Å². The molecule has 104 valence electrons. The first-order chi connectivity index (χ1) is 9.15. The van der Waals surface area contributed by atoms with Gasteiger partial charge in [-0.2, -0.15) is 4.57 Å². The van der Waals surface area contributed by atoms with Crippen molar-refractivity contribution in [2.45, 2.75) is 6.54 Å². The van der Waals surface area contributed by atoms with E-state index in [1.54, 1.807) is 10.8 Å². The van der Waals surface area contributed by atoms with E-state index in [0.29, 0.717) is 0 Å². The van der Waals surface area contributed by atoms with Crippen LogP contribution in [0.15, 0.2) is 53.1 Å². The van der Waals surface area contributed by atoms with Gasteiger partial charge in [-0.15, -0.1) is 0 Å². The van der Waals surface area contributed by atoms with Crippen molar-refractivity contribution in [1.29, 1.82) is 0 Å². The zero-order valence-corrected chi connectivity index (χ0v) is 12.9. The smallest absolute Gasteiger partial charge is 0.370 e. The summed E-state index contributed by atoms with van der Waals surface area (Å²) in [6.45, 7) is -0.0408. The molecule has 3 nitrogen and oxygen atoms in total. The molecule has 1 aromatic heterocycles. The third kappa shape index (κ3) is 4.79. The maximum atomic E-state index is 10.8. The Morgan fingerprint density at radius 3 is 2.50 bits per heavy atom. The van der Waals surface area contributed by atoms with Crippen molar-refractivity contribution in [3.63, 3.8) is 0 Å². The molecule has 1 heterocycles. The van der Waals surface area contributed by atoms with E-state index < -0.39 is 5.97 Å². The fraction of sp³-hybridized carbons (Fsp3) is 0.0667. The summed E-state index contributed by atoms with van der Waals surface area (Å²) in [6, 6.07) is 13.5. The number of aliphatic carboxylic acids is 1. The molecule has 0 aliphatic heterocycles. The van der Waals surface area contributed by atoms with Crippen molar-refractivity contribution >= 4 is 34.1 Å². The molecular formula is C15H13BrClNO2. The zero-order valence-electron chi connectivity index (χ0n) is 10.5. The van der Waals surface area contributed by atoms with Crippen molar-refractivity contribution in [2.75, 3.05) is 0 Å². The highest BCUT2D eigenvalue weighted by atomic mass is 79.9. The fourth-order valence-electron chi connectivity index (χ4n) is 1.69. The molecule has 1 aromatic carbocycles. The molecule has 0 radical (unpaired) electrons. The van der Waals surface area contributed by atoms with Gasteiger partial charge in [-0.25, -0.2) is 4.79 Å². The SMILES string of the molecule is O=C(O)C[n+]1ccccc1/C=C/c1ccc(Br)cc1.[Cl-]. The minimum Gasteiger partial charge on any atom is -1.00 e. The van der Waals surface area contributed by atoms with E-state index in [0.717, 1.165) is 15.7 Å². The molecule has 0 aliphatic rings. The predicted octanol–water partition coefficient (Wildman–Crippen LogP) is -0.00440. The first-order valence-electron chi connectivity index (χ1n) is 5.79. The van der Waals surface area contributed by atoms with Gasteiger partial charge in [-0.3, -0.25) is 0 Å². The number of rotatable bonds is 4. The second kappa shape index (κ2) is 7.82. The number of hydrogen-bond donors (Lipinski definition) is 1. The topological polar surface area (TPSA) is 41.2 Å². The number of benzene rings is 1. The van der Waals surface area contributed by atoms with Gasteiger partial charge in [0, 0.05) is 22.7 Å². The summed E-state index contributed by atoms with van der Waals surface area (Å²) in [4.78, 5) is 10.8. The molecule has 0 spiro atoms. The van der Waals surface area contributed by atoms with Crippen LogP contribution in [0, 0.1) is 0 Å². The van der Waals surface area contributed by atoms with E-state index in [4.69, 9.17) is 5.11 Å². The van der Waals surface area contributed by atoms with Crippen molar-refractivity contribution in [2.24, 2.45) is 0 Å². The lowest BCUT2D eigenvalue weighted by molar-refractivity contribution is -0.687. The van der Waals surface area contributed by atoms with Crippen LogP contribution in [0.5, 0.6) is 0 Å². The van der Waals surface area contributed by atoms with E-state index in [-0.39, 0.29) is 19.0 Å². The Kier molecular flexibility index (Phi) is 6.42. The average Bonchev–Trinajstić information content (AvgIpc) is 2.39. The minimum absolute atomic E-state index is 0. The Morgan fingerprint density at radius 2 is 1.85 bits per heavy atom. The van der Waals surface area contributed by atoms with Crippen molar-refractivity contribution < 1.29 is 26.9 Å². The molecule has 2 aromatic rings. The van der Waals surface area contributed by atoms with Crippen LogP contribution in [0.2, 0.25) is 0 Å². The van der Waals surface area contributed by atoms with Gasteiger partial charge in [0.25, 0.3) is 0 Å². The number of halogens is 2. The molecule has 0 aliphatic carbocycles. The van der Waals surface area contributed by atoms with Gasteiger partial charge in [0.2, 0.25) is 12.2 Å². The lowest BCUT2D eigenvalue weighted by Crippen LogP contribution is -3.00. The van der Waals surface area contributed by atoms with Crippen LogP contribution < -0.4 is 17.0 Å². The Hall–Kier alpha value is -1.65. The normalized spacial score (nSPS) is 10.2. The van der Waals surface area contributed by atoms with Crippen LogP contribution in [0.1, 0.15) is 11.3 Å². The highest BCUT2D eigenvalue weighted by Crippen LogP contribution is 2.12. The average molecular weight is 355 g/mol. The second-order valence-corrected chi connectivity index (χ2v) is 4.95. The predicted molar refractivity (Wildman–Crippen MR) is 77.3 cm³/mol. The van der Waals surface area contributed by atoms with E-state index in [2.05, 4.69) is 15.9 Å². The van der Waals surface area contributed by atoms with Crippen LogP contribution in [0.4, 0.5) is 0 Å². The molecule has 20 heavy (non-hydrogen) atoms. The van der Waals surface area contributed by atoms with Gasteiger partial charge in [0.1, 0.15) is 0 Å². The summed E-state index contributed by atoms with van der Waals surface area (Å²) in [6.07, 6.45) is 5.63. The highest BCUT2D eigenvalue weighted by Gasteiger charge is 2.10. The largest absolute Gasteiger partial charge is 1.00 e. The second-order valence-electron chi connectivity index (χ2n) is 4.03. The molecule has 0 bridgehead atoms. The summed E-state index contributed by atoms with van der Waals surface area (Å²) in [5, 5.41) is 8.86. The van der Waals surface area contributed by atoms with E-state index >= 15 is 0 Å². The van der Waals surface area contributed by atoms with E-state index in [1.165, 1.54) is 0 Å². The quantitative estimate of drug-likeness (QED) is 0.785. The number of aromatic nitrogens is 1. The van der Waals surface area contributed by atoms with Crippen LogP contribution in [-0.4, -0.2) is 11.1 Å². The van der Waals surface area contributed by atoms with Gasteiger partial charge >= 0.3 is 5.97 Å². The summed E-state index contributed by atoms with van der Waals surface area (Å²) in [5.74, 6) is -0.852. The van der Waals surface area contributed by atoms with E-state index in [1.807, 2.05) is 54.6 Å². The number of carboxylic acid groups (broad SMARTS) is 1. The fourth-order valence-corrected chi connectivity index (χ4v) is 1.95. The molecule has 0 atom stereocenters. The van der Waals surface area contributed by atoms with Crippen molar-refractivity contribution in [3.05, 3.63) is 64.4 Å². The maximum absolute atomic E-state index is 10.8. The third-order valence-corrected chi connectivity index (χ3v) is 3.13. The zero-order chi connectivity index (χ0) is 13.7. The Labute approximate surface area is 132 Å². The summed E-state index contributed by atoms with van der Waals surface area (Å²) < 4.78 is 2.72. The molecule has 0 fully saturated rings. The molecule has 0 amide bonds. The number of carbonyl (C=O) groups is 1. The standard InChI is InChI=1S/C15H12BrNO2.ClH/c16-13-7-4-12(5-8-13)6-9-14-3-1-2-10-17(14)11-15(18)19;/h1-10H,11H2;1H/b9-6+;. The molecule has 0 saturated heterocycles. The summed E-state index contributed by atoms with van der Waals surface area (Å²) >= 11 is 3.39. The Morgan fingerprint density at radius 1 is 1.15 bits per heavy atom. The van der Waals surface area contributed by atoms with Crippen molar-refractivity contribution in [1.82, 2.24) is 0 Å². The van der Waals surface area contributed by atoms with Gasteiger partial charge < -0.3 is 17.5 Å². The van der Waals surface area contributed by atoms with Gasteiger partial charge in [-0.1, -0.05) is 28.1 Å². The van der Waals surface area contributed by atoms with Crippen LogP contribution in [-0.2, 0) is 11.3 Å². The van der Waals surface area contributed by atoms with Gasteiger partial charge in [-0.05, 0) is 29.8 Å².